The van der Waals surface area contributed by atoms with Crippen molar-refractivity contribution >= 4 is 11.9 Å². The lowest BCUT2D eigenvalue weighted by atomic mass is 9.95. The van der Waals surface area contributed by atoms with E-state index in [2.05, 4.69) is 5.32 Å². The van der Waals surface area contributed by atoms with Crippen molar-refractivity contribution in [3.63, 3.8) is 0 Å². The van der Waals surface area contributed by atoms with Crippen LogP contribution < -0.4 is 10.6 Å². The molecule has 0 aromatic heterocycles. The molecule has 0 radical (unpaired) electrons. The second kappa shape index (κ2) is 7.47. The van der Waals surface area contributed by atoms with E-state index < -0.39 is 43.1 Å². The zero-order chi connectivity index (χ0) is 15.2. The molecule has 116 valence electrons. The van der Waals surface area contributed by atoms with Gasteiger partial charge in [0.1, 0.15) is 0 Å². The van der Waals surface area contributed by atoms with E-state index in [0.29, 0.717) is 12.8 Å². The number of hydrogen-bond donors (Lipinski definition) is 3. The van der Waals surface area contributed by atoms with Crippen molar-refractivity contribution in [1.29, 1.82) is 0 Å². The lowest BCUT2D eigenvalue weighted by molar-refractivity contribution is -0.143. The van der Waals surface area contributed by atoms with Gasteiger partial charge in [-0.3, -0.25) is 9.59 Å². The number of aliphatic carboxylic acids is 1. The van der Waals surface area contributed by atoms with E-state index in [0.717, 1.165) is 19.3 Å². The van der Waals surface area contributed by atoms with Crippen LogP contribution in [-0.2, 0) is 9.59 Å². The second-order valence-electron chi connectivity index (χ2n) is 4.98. The molecular formula is C12H19F3N2O3. The van der Waals surface area contributed by atoms with Crippen molar-refractivity contribution in [3.05, 3.63) is 0 Å². The summed E-state index contributed by atoms with van der Waals surface area (Å²) in [5.41, 5.74) is 0. The third kappa shape index (κ3) is 6.23. The Bertz CT molecular complexity index is 347. The van der Waals surface area contributed by atoms with Crippen molar-refractivity contribution in [2.75, 3.05) is 13.1 Å². The first-order chi connectivity index (χ1) is 9.29. The highest BCUT2D eigenvalue weighted by Gasteiger charge is 2.31. The topological polar surface area (TPSA) is 78.4 Å². The van der Waals surface area contributed by atoms with Gasteiger partial charge in [0.15, 0.2) is 0 Å². The lowest BCUT2D eigenvalue weighted by Gasteiger charge is -2.23. The van der Waals surface area contributed by atoms with Gasteiger partial charge in [0, 0.05) is 6.04 Å². The smallest absolute Gasteiger partial charge is 0.401 e. The second-order valence-corrected chi connectivity index (χ2v) is 4.98. The summed E-state index contributed by atoms with van der Waals surface area (Å²) >= 11 is 0. The molecule has 0 saturated heterocycles. The van der Waals surface area contributed by atoms with E-state index in [-0.39, 0.29) is 0 Å². The minimum Gasteiger partial charge on any atom is -0.481 e. The largest absolute Gasteiger partial charge is 0.481 e. The van der Waals surface area contributed by atoms with Gasteiger partial charge in [0.05, 0.1) is 19.0 Å². The predicted octanol–water partition coefficient (Wildman–Crippen LogP) is 1.29. The summed E-state index contributed by atoms with van der Waals surface area (Å²) < 4.78 is 35.7. The molecule has 2 atom stereocenters. The van der Waals surface area contributed by atoms with Crippen molar-refractivity contribution in [2.45, 2.75) is 44.3 Å². The fourth-order valence-electron chi connectivity index (χ4n) is 2.35. The third-order valence-electron chi connectivity index (χ3n) is 3.29. The molecule has 1 fully saturated rings. The maximum Gasteiger partial charge on any atom is 0.401 e. The summed E-state index contributed by atoms with van der Waals surface area (Å²) in [4.78, 5) is 22.7. The summed E-state index contributed by atoms with van der Waals surface area (Å²) in [5.74, 6) is -2.24. The van der Waals surface area contributed by atoms with Crippen molar-refractivity contribution < 1.29 is 27.9 Å². The highest BCUT2D eigenvalue weighted by atomic mass is 19.4. The average Bonchev–Trinajstić information content (AvgIpc) is 2.52. The molecule has 0 bridgehead atoms. The Morgan fingerprint density at radius 2 is 1.80 bits per heavy atom. The Morgan fingerprint density at radius 3 is 2.40 bits per heavy atom. The Morgan fingerprint density at radius 1 is 1.15 bits per heavy atom. The van der Waals surface area contributed by atoms with E-state index in [1.807, 2.05) is 5.32 Å². The number of hydrogen-bond acceptors (Lipinski definition) is 3. The molecule has 1 rings (SSSR count). The van der Waals surface area contributed by atoms with Gasteiger partial charge in [0.25, 0.3) is 0 Å². The molecule has 0 heterocycles. The molecule has 0 spiro atoms. The maximum atomic E-state index is 11.9. The van der Waals surface area contributed by atoms with Crippen LogP contribution in [0, 0.1) is 5.92 Å². The van der Waals surface area contributed by atoms with Crippen LogP contribution in [0.5, 0.6) is 0 Å². The SMILES string of the molecule is O=C(CNCC(F)(F)F)NC1CCCCCC1C(=O)O. The molecule has 8 heteroatoms. The first-order valence-electron chi connectivity index (χ1n) is 6.59. The molecule has 20 heavy (non-hydrogen) atoms. The number of halogens is 3. The fourth-order valence-corrected chi connectivity index (χ4v) is 2.35. The lowest BCUT2D eigenvalue weighted by Crippen LogP contribution is -2.46. The molecule has 0 aliphatic heterocycles. The monoisotopic (exact) mass is 296 g/mol. The van der Waals surface area contributed by atoms with Crippen molar-refractivity contribution in [2.24, 2.45) is 5.92 Å². The number of carbonyl (C=O) groups is 2. The fraction of sp³-hybridized carbons (Fsp3) is 0.833. The van der Waals surface area contributed by atoms with Crippen LogP contribution >= 0.6 is 0 Å². The number of nitrogens with one attached hydrogen (secondary N) is 2. The summed E-state index contributed by atoms with van der Waals surface area (Å²) in [6.07, 6.45) is -0.840. The Labute approximate surface area is 114 Å². The molecule has 3 N–H and O–H groups in total. The van der Waals surface area contributed by atoms with Gasteiger partial charge >= 0.3 is 12.1 Å². The number of rotatable bonds is 5. The summed E-state index contributed by atoms with van der Waals surface area (Å²) in [6, 6.07) is -0.504. The summed E-state index contributed by atoms with van der Waals surface area (Å²) in [7, 11) is 0. The van der Waals surface area contributed by atoms with Gasteiger partial charge in [-0.05, 0) is 12.8 Å². The van der Waals surface area contributed by atoms with Crippen LogP contribution in [0.1, 0.15) is 32.1 Å². The standard InChI is InChI=1S/C12H19F3N2O3/c13-12(14,15)7-16-6-10(18)17-9-5-3-1-2-4-8(9)11(19)20/h8-9,16H,1-7H2,(H,17,18)(H,19,20). The predicted molar refractivity (Wildman–Crippen MR) is 65.1 cm³/mol. The van der Waals surface area contributed by atoms with Crippen LogP contribution in [0.2, 0.25) is 0 Å². The number of carboxylic acid groups (broad SMARTS) is 1. The Hall–Kier alpha value is -1.31. The summed E-state index contributed by atoms with van der Waals surface area (Å²) in [5, 5.41) is 13.6. The molecule has 0 aromatic rings. The van der Waals surface area contributed by atoms with Gasteiger partial charge in [-0.25, -0.2) is 0 Å². The molecular weight excluding hydrogens is 277 g/mol. The van der Waals surface area contributed by atoms with Gasteiger partial charge in [-0.2, -0.15) is 13.2 Å². The number of carboxylic acids is 1. The van der Waals surface area contributed by atoms with Gasteiger partial charge < -0.3 is 15.7 Å². The molecule has 1 aliphatic rings. The van der Waals surface area contributed by atoms with Gasteiger partial charge in [-0.1, -0.05) is 19.3 Å². The Balaban J connectivity index is 2.43. The van der Waals surface area contributed by atoms with Crippen LogP contribution in [0.4, 0.5) is 13.2 Å². The van der Waals surface area contributed by atoms with E-state index in [1.54, 1.807) is 0 Å². The van der Waals surface area contributed by atoms with Crippen LogP contribution in [0.25, 0.3) is 0 Å². The van der Waals surface area contributed by atoms with Gasteiger partial charge in [-0.15, -0.1) is 0 Å². The zero-order valence-electron chi connectivity index (χ0n) is 11.0. The molecule has 5 nitrogen and oxygen atoms in total. The highest BCUT2D eigenvalue weighted by Crippen LogP contribution is 2.23. The van der Waals surface area contributed by atoms with Crippen LogP contribution in [0.15, 0.2) is 0 Å². The molecule has 1 amide bonds. The van der Waals surface area contributed by atoms with E-state index in [4.69, 9.17) is 5.11 Å². The number of alkyl halides is 3. The first kappa shape index (κ1) is 16.7. The van der Waals surface area contributed by atoms with Crippen molar-refractivity contribution in [3.8, 4) is 0 Å². The molecule has 1 aliphatic carbocycles. The number of amides is 1. The molecule has 0 aromatic carbocycles. The zero-order valence-corrected chi connectivity index (χ0v) is 11.0. The molecule has 2 unspecified atom stereocenters. The Kier molecular flexibility index (Phi) is 6.25. The minimum absolute atomic E-state index is 0.470. The number of carbonyl (C=O) groups excluding carboxylic acids is 1. The van der Waals surface area contributed by atoms with Gasteiger partial charge in [0.2, 0.25) is 5.91 Å². The third-order valence-corrected chi connectivity index (χ3v) is 3.29. The minimum atomic E-state index is -4.37. The first-order valence-corrected chi connectivity index (χ1v) is 6.59. The molecule has 1 saturated carbocycles. The highest BCUT2D eigenvalue weighted by molar-refractivity contribution is 5.79. The van der Waals surface area contributed by atoms with E-state index in [1.165, 1.54) is 0 Å². The van der Waals surface area contributed by atoms with E-state index in [9.17, 15) is 22.8 Å². The average molecular weight is 296 g/mol. The summed E-state index contributed by atoms with van der Waals surface area (Å²) in [6.45, 7) is -1.71. The van der Waals surface area contributed by atoms with Crippen LogP contribution in [0.3, 0.4) is 0 Å². The van der Waals surface area contributed by atoms with E-state index >= 15 is 0 Å². The quantitative estimate of drug-likeness (QED) is 0.668. The van der Waals surface area contributed by atoms with Crippen molar-refractivity contribution in [1.82, 2.24) is 10.6 Å². The van der Waals surface area contributed by atoms with Crippen LogP contribution in [-0.4, -0.2) is 42.3 Å². The maximum absolute atomic E-state index is 11.9. The normalized spacial score (nSPS) is 23.9.